The van der Waals surface area contributed by atoms with E-state index in [1.807, 2.05) is 6.92 Å². The lowest BCUT2D eigenvalue weighted by atomic mass is 9.97. The number of carbonyl (C=O) groups excluding carboxylic acids is 2. The predicted octanol–water partition coefficient (Wildman–Crippen LogP) is 3.37. The van der Waals surface area contributed by atoms with Crippen LogP contribution in [0.5, 0.6) is 5.75 Å². The lowest BCUT2D eigenvalue weighted by molar-refractivity contribution is -0.131. The molecule has 0 fully saturated rings. The molecule has 1 aliphatic heterocycles. The number of amidine groups is 1. The number of methoxy groups -OCH3 is 1. The summed E-state index contributed by atoms with van der Waals surface area (Å²) in [6, 6.07) is 10.5. The quantitative estimate of drug-likeness (QED) is 0.448. The summed E-state index contributed by atoms with van der Waals surface area (Å²) >= 11 is 6.19. The molecule has 3 N–H and O–H groups in total. The van der Waals surface area contributed by atoms with Gasteiger partial charge in [0.2, 0.25) is 5.91 Å². The number of hydrazine groups is 1. The standard InChI is InChI=1S/C26H32ClN5O5/c1-5-21(16-7-6-8-17(11-16)25(34)35)29-26(36)32-15-23(30-31(2)3)28-14-19(24(32)33)12-18-13-20(27)9-10-22(18)37-4/h6-11,13,19,21H,5,12,14-15H2,1-4H3,(H,28,30)(H,29,36)(H,34,35)/t19-,21?/m1/s1. The van der Waals surface area contributed by atoms with Crippen LogP contribution in [0.3, 0.4) is 0 Å². The number of carboxylic acids is 1. The number of aliphatic imine (C=N–C) groups is 1. The van der Waals surface area contributed by atoms with Crippen molar-refractivity contribution in [3.63, 3.8) is 0 Å². The minimum absolute atomic E-state index is 0.0440. The van der Waals surface area contributed by atoms with Gasteiger partial charge in [0.25, 0.3) is 0 Å². The Morgan fingerprint density at radius 1 is 1.27 bits per heavy atom. The van der Waals surface area contributed by atoms with Crippen molar-refractivity contribution in [2.24, 2.45) is 10.9 Å². The van der Waals surface area contributed by atoms with E-state index in [0.29, 0.717) is 28.6 Å². The molecular weight excluding hydrogens is 498 g/mol. The molecule has 3 amide bonds. The van der Waals surface area contributed by atoms with Gasteiger partial charge in [0.15, 0.2) is 0 Å². The molecule has 3 rings (SSSR count). The van der Waals surface area contributed by atoms with Crippen molar-refractivity contribution in [3.05, 3.63) is 64.2 Å². The minimum atomic E-state index is -1.05. The van der Waals surface area contributed by atoms with Crippen LogP contribution in [-0.4, -0.2) is 73.1 Å². The maximum Gasteiger partial charge on any atom is 0.335 e. The number of rotatable bonds is 8. The molecule has 0 aliphatic carbocycles. The summed E-state index contributed by atoms with van der Waals surface area (Å²) in [5, 5.41) is 14.4. The third-order valence-corrected chi connectivity index (χ3v) is 6.21. The van der Waals surface area contributed by atoms with Crippen LogP contribution in [0.2, 0.25) is 5.02 Å². The number of ether oxygens (including phenoxy) is 1. The second-order valence-corrected chi connectivity index (χ2v) is 9.35. The first kappa shape index (κ1) is 27.9. The molecule has 2 aromatic rings. The lowest BCUT2D eigenvalue weighted by Crippen LogP contribution is -2.51. The number of benzene rings is 2. The van der Waals surface area contributed by atoms with Crippen molar-refractivity contribution in [1.82, 2.24) is 20.7 Å². The van der Waals surface area contributed by atoms with Crippen LogP contribution in [0.1, 0.15) is 40.9 Å². The van der Waals surface area contributed by atoms with E-state index in [1.165, 1.54) is 12.1 Å². The number of aromatic carboxylic acids is 1. The van der Waals surface area contributed by atoms with Gasteiger partial charge < -0.3 is 20.6 Å². The van der Waals surface area contributed by atoms with Gasteiger partial charge in [-0.25, -0.2) is 14.6 Å². The van der Waals surface area contributed by atoms with Crippen molar-refractivity contribution in [2.45, 2.75) is 25.8 Å². The average Bonchev–Trinajstić information content (AvgIpc) is 3.01. The molecule has 0 aromatic heterocycles. The molecule has 0 saturated carbocycles. The number of imide groups is 1. The number of halogens is 1. The van der Waals surface area contributed by atoms with Gasteiger partial charge in [-0.15, -0.1) is 0 Å². The van der Waals surface area contributed by atoms with Gasteiger partial charge >= 0.3 is 12.0 Å². The Hall–Kier alpha value is -3.63. The van der Waals surface area contributed by atoms with Crippen LogP contribution >= 0.6 is 11.6 Å². The largest absolute Gasteiger partial charge is 0.496 e. The molecule has 0 spiro atoms. The molecule has 10 nitrogen and oxygen atoms in total. The first-order valence-electron chi connectivity index (χ1n) is 11.9. The summed E-state index contributed by atoms with van der Waals surface area (Å²) < 4.78 is 5.44. The van der Waals surface area contributed by atoms with Gasteiger partial charge in [0.1, 0.15) is 11.6 Å². The highest BCUT2D eigenvalue weighted by atomic mass is 35.5. The molecule has 11 heteroatoms. The summed E-state index contributed by atoms with van der Waals surface area (Å²) in [6.45, 7) is 2.00. The maximum absolute atomic E-state index is 13.7. The Bertz CT molecular complexity index is 1190. The van der Waals surface area contributed by atoms with Gasteiger partial charge in [-0.2, -0.15) is 0 Å². The molecule has 0 bridgehead atoms. The summed E-state index contributed by atoms with van der Waals surface area (Å²) in [5.41, 5.74) is 4.56. The summed E-state index contributed by atoms with van der Waals surface area (Å²) in [4.78, 5) is 44.3. The van der Waals surface area contributed by atoms with Crippen molar-refractivity contribution in [1.29, 1.82) is 0 Å². The van der Waals surface area contributed by atoms with E-state index in [9.17, 15) is 19.5 Å². The van der Waals surface area contributed by atoms with Crippen molar-refractivity contribution in [3.8, 4) is 5.75 Å². The maximum atomic E-state index is 13.7. The van der Waals surface area contributed by atoms with Gasteiger partial charge in [-0.3, -0.25) is 14.7 Å². The highest BCUT2D eigenvalue weighted by Crippen LogP contribution is 2.27. The van der Waals surface area contributed by atoms with E-state index in [2.05, 4.69) is 15.7 Å². The lowest BCUT2D eigenvalue weighted by Gasteiger charge is -2.27. The molecule has 0 radical (unpaired) electrons. The summed E-state index contributed by atoms with van der Waals surface area (Å²) in [7, 11) is 5.12. The molecule has 2 atom stereocenters. The zero-order valence-corrected chi connectivity index (χ0v) is 22.1. The second-order valence-electron chi connectivity index (χ2n) is 8.92. The number of nitrogens with one attached hydrogen (secondary N) is 2. The molecule has 1 unspecified atom stereocenters. The molecule has 0 saturated heterocycles. The van der Waals surface area contributed by atoms with Gasteiger partial charge in [-0.1, -0.05) is 30.7 Å². The van der Waals surface area contributed by atoms with Crippen LogP contribution in [-0.2, 0) is 11.2 Å². The van der Waals surface area contributed by atoms with Crippen LogP contribution < -0.4 is 15.5 Å². The number of hydrogen-bond donors (Lipinski definition) is 3. The molecule has 37 heavy (non-hydrogen) atoms. The first-order valence-corrected chi connectivity index (χ1v) is 12.3. The predicted molar refractivity (Wildman–Crippen MR) is 141 cm³/mol. The first-order chi connectivity index (χ1) is 17.6. The van der Waals surface area contributed by atoms with Gasteiger partial charge in [0.05, 0.1) is 37.7 Å². The van der Waals surface area contributed by atoms with Gasteiger partial charge in [0, 0.05) is 19.1 Å². The topological polar surface area (TPSA) is 124 Å². The van der Waals surface area contributed by atoms with Crippen LogP contribution in [0.15, 0.2) is 47.5 Å². The Morgan fingerprint density at radius 3 is 2.68 bits per heavy atom. The molecule has 1 heterocycles. The fourth-order valence-electron chi connectivity index (χ4n) is 4.16. The molecule has 1 aliphatic rings. The highest BCUT2D eigenvalue weighted by Gasteiger charge is 2.34. The Balaban J connectivity index is 1.88. The summed E-state index contributed by atoms with van der Waals surface area (Å²) in [6.07, 6.45) is 0.778. The third-order valence-electron chi connectivity index (χ3n) is 5.97. The number of hydrogen-bond acceptors (Lipinski definition) is 7. The number of urea groups is 1. The van der Waals surface area contributed by atoms with E-state index in [0.717, 1.165) is 10.5 Å². The molecule has 198 valence electrons. The highest BCUT2D eigenvalue weighted by molar-refractivity contribution is 6.30. The van der Waals surface area contributed by atoms with Crippen molar-refractivity contribution < 1.29 is 24.2 Å². The van der Waals surface area contributed by atoms with Crippen molar-refractivity contribution >= 4 is 35.3 Å². The molecule has 2 aromatic carbocycles. The SMILES string of the molecule is CCC(NC(=O)N1CC(NN(C)C)=NC[C@@H](Cc2cc(Cl)ccc2OC)C1=O)c1cccc(C(=O)O)c1. The minimum Gasteiger partial charge on any atom is -0.496 e. The van der Waals surface area contributed by atoms with E-state index < -0.39 is 24.0 Å². The number of carboxylic acid groups (broad SMARTS) is 1. The smallest absolute Gasteiger partial charge is 0.335 e. The van der Waals surface area contributed by atoms with Gasteiger partial charge in [-0.05, 0) is 54.3 Å². The van der Waals surface area contributed by atoms with Crippen LogP contribution in [0.25, 0.3) is 0 Å². The van der Waals surface area contributed by atoms with E-state index >= 15 is 0 Å². The Labute approximate surface area is 221 Å². The third kappa shape index (κ3) is 7.21. The number of amides is 3. The van der Waals surface area contributed by atoms with Crippen molar-refractivity contribution in [2.75, 3.05) is 34.3 Å². The monoisotopic (exact) mass is 529 g/mol. The Kier molecular flexibility index (Phi) is 9.48. The zero-order valence-electron chi connectivity index (χ0n) is 21.3. The zero-order chi connectivity index (χ0) is 27.1. The second kappa shape index (κ2) is 12.6. The number of nitrogens with zero attached hydrogens (tertiary/aromatic N) is 3. The van der Waals surface area contributed by atoms with Crippen LogP contribution in [0.4, 0.5) is 4.79 Å². The Morgan fingerprint density at radius 2 is 2.03 bits per heavy atom. The number of carbonyl (C=O) groups is 3. The average molecular weight is 530 g/mol. The molecular formula is C26H32ClN5O5. The normalized spacial score (nSPS) is 16.6. The van der Waals surface area contributed by atoms with E-state index in [-0.39, 0.29) is 31.0 Å². The summed E-state index contributed by atoms with van der Waals surface area (Å²) in [5.74, 6) is -1.00. The fourth-order valence-corrected chi connectivity index (χ4v) is 4.35. The van der Waals surface area contributed by atoms with E-state index in [1.54, 1.807) is 56.5 Å². The fraction of sp³-hybridized carbons (Fsp3) is 0.385. The van der Waals surface area contributed by atoms with E-state index in [4.69, 9.17) is 16.3 Å². The van der Waals surface area contributed by atoms with Crippen LogP contribution in [0, 0.1) is 5.92 Å².